The van der Waals surface area contributed by atoms with Crippen molar-refractivity contribution in [3.05, 3.63) is 0 Å². The quantitative estimate of drug-likeness (QED) is 0.684. The van der Waals surface area contributed by atoms with E-state index in [1.807, 2.05) is 6.92 Å². The van der Waals surface area contributed by atoms with Crippen LogP contribution in [0.25, 0.3) is 0 Å². The van der Waals surface area contributed by atoms with E-state index in [2.05, 4.69) is 0 Å². The Kier molecular flexibility index (Phi) is 4.35. The SMILES string of the molecule is CCOC(=O)C[C@@H](N)C1CCC(C)O1. The first kappa shape index (κ1) is 11.5. The molecule has 1 aliphatic rings. The highest BCUT2D eigenvalue weighted by Gasteiger charge is 2.28. The molecule has 1 fully saturated rings. The first-order valence-corrected chi connectivity index (χ1v) is 5.20. The second kappa shape index (κ2) is 5.32. The van der Waals surface area contributed by atoms with Crippen LogP contribution in [0.2, 0.25) is 0 Å². The minimum absolute atomic E-state index is 0.0226. The molecule has 2 unspecified atom stereocenters. The van der Waals surface area contributed by atoms with Gasteiger partial charge in [-0.3, -0.25) is 4.79 Å². The highest BCUT2D eigenvalue weighted by molar-refractivity contribution is 5.70. The molecule has 3 atom stereocenters. The highest BCUT2D eigenvalue weighted by Crippen LogP contribution is 2.22. The minimum Gasteiger partial charge on any atom is -0.466 e. The molecule has 14 heavy (non-hydrogen) atoms. The molecule has 0 saturated carbocycles. The van der Waals surface area contributed by atoms with Crippen LogP contribution in [0, 0.1) is 0 Å². The van der Waals surface area contributed by atoms with Crippen molar-refractivity contribution in [3.63, 3.8) is 0 Å². The van der Waals surface area contributed by atoms with E-state index in [1.165, 1.54) is 0 Å². The van der Waals surface area contributed by atoms with E-state index in [0.717, 1.165) is 12.8 Å². The fraction of sp³-hybridized carbons (Fsp3) is 0.900. The summed E-state index contributed by atoms with van der Waals surface area (Å²) in [4.78, 5) is 11.1. The molecule has 0 aromatic carbocycles. The van der Waals surface area contributed by atoms with Crippen LogP contribution < -0.4 is 5.73 Å². The summed E-state index contributed by atoms with van der Waals surface area (Å²) in [5.74, 6) is -0.233. The average Bonchev–Trinajstić information content (AvgIpc) is 2.52. The minimum atomic E-state index is -0.233. The van der Waals surface area contributed by atoms with Gasteiger partial charge in [-0.05, 0) is 26.7 Å². The molecule has 0 spiro atoms. The summed E-state index contributed by atoms with van der Waals surface area (Å²) in [5.41, 5.74) is 5.85. The maximum atomic E-state index is 11.1. The smallest absolute Gasteiger partial charge is 0.307 e. The predicted molar refractivity (Wildman–Crippen MR) is 52.8 cm³/mol. The Morgan fingerprint density at radius 3 is 2.86 bits per heavy atom. The Labute approximate surface area is 84.7 Å². The third kappa shape index (κ3) is 3.27. The van der Waals surface area contributed by atoms with E-state index < -0.39 is 0 Å². The van der Waals surface area contributed by atoms with Gasteiger partial charge in [0.05, 0.1) is 25.2 Å². The molecule has 1 saturated heterocycles. The van der Waals surface area contributed by atoms with Gasteiger partial charge in [0.25, 0.3) is 0 Å². The van der Waals surface area contributed by atoms with Gasteiger partial charge < -0.3 is 15.2 Å². The van der Waals surface area contributed by atoms with Gasteiger partial charge in [0.15, 0.2) is 0 Å². The lowest BCUT2D eigenvalue weighted by molar-refractivity contribution is -0.144. The van der Waals surface area contributed by atoms with Crippen molar-refractivity contribution < 1.29 is 14.3 Å². The number of esters is 1. The summed E-state index contributed by atoms with van der Waals surface area (Å²) in [6, 6.07) is -0.223. The van der Waals surface area contributed by atoms with Crippen LogP contribution >= 0.6 is 0 Å². The van der Waals surface area contributed by atoms with Crippen LogP contribution in [0.5, 0.6) is 0 Å². The summed E-state index contributed by atoms with van der Waals surface area (Å²) in [6.45, 7) is 4.22. The first-order valence-electron chi connectivity index (χ1n) is 5.20. The van der Waals surface area contributed by atoms with Gasteiger partial charge in [0.2, 0.25) is 0 Å². The normalized spacial score (nSPS) is 28.8. The molecule has 1 rings (SSSR count). The van der Waals surface area contributed by atoms with Crippen molar-refractivity contribution in [2.75, 3.05) is 6.61 Å². The van der Waals surface area contributed by atoms with Gasteiger partial charge in [-0.1, -0.05) is 0 Å². The molecule has 1 heterocycles. The highest BCUT2D eigenvalue weighted by atomic mass is 16.5. The van der Waals surface area contributed by atoms with Crippen molar-refractivity contribution in [2.24, 2.45) is 5.73 Å². The summed E-state index contributed by atoms with van der Waals surface area (Å²) in [5, 5.41) is 0. The summed E-state index contributed by atoms with van der Waals surface area (Å²) in [7, 11) is 0. The Balaban J connectivity index is 2.27. The van der Waals surface area contributed by atoms with Gasteiger partial charge in [-0.25, -0.2) is 0 Å². The maximum absolute atomic E-state index is 11.1. The zero-order chi connectivity index (χ0) is 10.6. The Bertz CT molecular complexity index is 196. The molecule has 0 bridgehead atoms. The molecule has 0 radical (unpaired) electrons. The molecule has 82 valence electrons. The maximum Gasteiger partial charge on any atom is 0.307 e. The van der Waals surface area contributed by atoms with E-state index in [4.69, 9.17) is 15.2 Å². The Morgan fingerprint density at radius 1 is 1.64 bits per heavy atom. The zero-order valence-corrected chi connectivity index (χ0v) is 8.86. The largest absolute Gasteiger partial charge is 0.466 e. The molecular weight excluding hydrogens is 182 g/mol. The Morgan fingerprint density at radius 2 is 2.36 bits per heavy atom. The molecule has 2 N–H and O–H groups in total. The molecule has 0 aliphatic carbocycles. The third-order valence-corrected chi connectivity index (χ3v) is 2.45. The lowest BCUT2D eigenvalue weighted by Gasteiger charge is -2.18. The monoisotopic (exact) mass is 201 g/mol. The van der Waals surface area contributed by atoms with Crippen LogP contribution in [0.4, 0.5) is 0 Å². The van der Waals surface area contributed by atoms with Crippen LogP contribution in [0.1, 0.15) is 33.1 Å². The van der Waals surface area contributed by atoms with Gasteiger partial charge in [0, 0.05) is 6.04 Å². The van der Waals surface area contributed by atoms with Gasteiger partial charge in [-0.2, -0.15) is 0 Å². The third-order valence-electron chi connectivity index (χ3n) is 2.45. The number of carbonyl (C=O) groups excluding carboxylic acids is 1. The number of hydrogen-bond donors (Lipinski definition) is 1. The number of ether oxygens (including phenoxy) is 2. The number of nitrogens with two attached hydrogens (primary N) is 1. The second-order valence-electron chi connectivity index (χ2n) is 3.74. The Hall–Kier alpha value is -0.610. The topological polar surface area (TPSA) is 61.5 Å². The fourth-order valence-corrected chi connectivity index (χ4v) is 1.69. The number of carbonyl (C=O) groups is 1. The molecule has 0 aromatic rings. The van der Waals surface area contributed by atoms with Gasteiger partial charge >= 0.3 is 5.97 Å². The number of rotatable bonds is 4. The van der Waals surface area contributed by atoms with Crippen LogP contribution in [-0.4, -0.2) is 30.8 Å². The summed E-state index contributed by atoms with van der Waals surface area (Å²) in [6.07, 6.45) is 2.52. The van der Waals surface area contributed by atoms with Crippen LogP contribution in [-0.2, 0) is 14.3 Å². The summed E-state index contributed by atoms with van der Waals surface area (Å²) >= 11 is 0. The standard InChI is InChI=1S/C10H19NO3/c1-3-13-10(12)6-8(11)9-5-4-7(2)14-9/h7-9H,3-6,11H2,1-2H3/t7?,8-,9?/m1/s1. The van der Waals surface area contributed by atoms with E-state index in [0.29, 0.717) is 6.61 Å². The number of hydrogen-bond acceptors (Lipinski definition) is 4. The van der Waals surface area contributed by atoms with E-state index >= 15 is 0 Å². The predicted octanol–water partition coefficient (Wildman–Crippen LogP) is 0.834. The lowest BCUT2D eigenvalue weighted by Crippen LogP contribution is -2.37. The first-order chi connectivity index (χ1) is 6.63. The van der Waals surface area contributed by atoms with E-state index in [-0.39, 0.29) is 30.6 Å². The lowest BCUT2D eigenvalue weighted by atomic mass is 10.1. The molecular formula is C10H19NO3. The van der Waals surface area contributed by atoms with Gasteiger partial charge in [-0.15, -0.1) is 0 Å². The average molecular weight is 201 g/mol. The van der Waals surface area contributed by atoms with Crippen molar-refractivity contribution in [2.45, 2.75) is 51.4 Å². The van der Waals surface area contributed by atoms with Crippen molar-refractivity contribution in [1.82, 2.24) is 0 Å². The summed E-state index contributed by atoms with van der Waals surface area (Å²) < 4.78 is 10.4. The van der Waals surface area contributed by atoms with Crippen molar-refractivity contribution in [3.8, 4) is 0 Å². The van der Waals surface area contributed by atoms with Crippen molar-refractivity contribution >= 4 is 5.97 Å². The molecule has 0 aromatic heterocycles. The fourth-order valence-electron chi connectivity index (χ4n) is 1.69. The second-order valence-corrected chi connectivity index (χ2v) is 3.74. The van der Waals surface area contributed by atoms with E-state index in [1.54, 1.807) is 6.92 Å². The zero-order valence-electron chi connectivity index (χ0n) is 8.86. The molecule has 4 heteroatoms. The van der Waals surface area contributed by atoms with Crippen LogP contribution in [0.3, 0.4) is 0 Å². The molecule has 1 aliphatic heterocycles. The van der Waals surface area contributed by atoms with Crippen LogP contribution in [0.15, 0.2) is 0 Å². The molecule has 0 amide bonds. The van der Waals surface area contributed by atoms with E-state index in [9.17, 15) is 4.79 Å². The van der Waals surface area contributed by atoms with Gasteiger partial charge in [0.1, 0.15) is 0 Å². The van der Waals surface area contributed by atoms with Crippen molar-refractivity contribution in [1.29, 1.82) is 0 Å². The molecule has 4 nitrogen and oxygen atoms in total.